The third-order valence-electron chi connectivity index (χ3n) is 3.22. The van der Waals surface area contributed by atoms with Crippen molar-refractivity contribution in [3.63, 3.8) is 0 Å². The highest BCUT2D eigenvalue weighted by molar-refractivity contribution is 5.63. The number of rotatable bonds is 10. The molecule has 0 saturated carbocycles. The largest absolute Gasteiger partial charge is 0.396 e. The molecule has 0 heterocycles. The molecule has 0 amide bonds. The van der Waals surface area contributed by atoms with Crippen molar-refractivity contribution >= 4 is 17.1 Å². The van der Waals surface area contributed by atoms with Crippen molar-refractivity contribution in [1.29, 1.82) is 0 Å². The highest BCUT2D eigenvalue weighted by Crippen LogP contribution is 2.24. The van der Waals surface area contributed by atoms with Crippen molar-refractivity contribution in [2.75, 3.05) is 30.3 Å². The zero-order chi connectivity index (χ0) is 15.7. The molecule has 1 unspecified atom stereocenters. The minimum Gasteiger partial charge on any atom is -0.396 e. The topological polar surface area (TPSA) is 87.4 Å². The summed E-state index contributed by atoms with van der Waals surface area (Å²) in [5, 5.41) is 26.3. The van der Waals surface area contributed by atoms with Gasteiger partial charge in [0.2, 0.25) is 0 Å². The lowest BCUT2D eigenvalue weighted by atomic mass is 10.1. The molecule has 1 rings (SSSR count). The van der Waals surface area contributed by atoms with E-state index in [9.17, 15) is 10.1 Å². The normalized spacial score (nSPS) is 12.0. The van der Waals surface area contributed by atoms with Crippen molar-refractivity contribution in [2.45, 2.75) is 33.1 Å². The Labute approximate surface area is 125 Å². The number of aliphatic hydroxyl groups excluding tert-OH is 1. The van der Waals surface area contributed by atoms with Gasteiger partial charge in [0.25, 0.3) is 5.69 Å². The van der Waals surface area contributed by atoms with Crippen molar-refractivity contribution in [1.82, 2.24) is 0 Å². The van der Waals surface area contributed by atoms with Crippen molar-refractivity contribution in [3.05, 3.63) is 28.3 Å². The maximum absolute atomic E-state index is 11.0. The summed E-state index contributed by atoms with van der Waals surface area (Å²) in [6.07, 6.45) is 2.81. The van der Waals surface area contributed by atoms with Crippen molar-refractivity contribution in [2.24, 2.45) is 5.92 Å². The van der Waals surface area contributed by atoms with Gasteiger partial charge in [-0.1, -0.05) is 13.8 Å². The van der Waals surface area contributed by atoms with Gasteiger partial charge in [-0.3, -0.25) is 10.1 Å². The van der Waals surface area contributed by atoms with Crippen LogP contribution in [0.4, 0.5) is 17.1 Å². The van der Waals surface area contributed by atoms with E-state index in [1.54, 1.807) is 12.1 Å². The molecule has 0 saturated heterocycles. The third kappa shape index (κ3) is 6.44. The van der Waals surface area contributed by atoms with Crippen molar-refractivity contribution < 1.29 is 10.0 Å². The summed E-state index contributed by atoms with van der Waals surface area (Å²) < 4.78 is 0. The van der Waals surface area contributed by atoms with Gasteiger partial charge in [-0.15, -0.1) is 0 Å². The molecule has 0 aliphatic heterocycles. The van der Waals surface area contributed by atoms with Crippen LogP contribution in [0.25, 0.3) is 0 Å². The van der Waals surface area contributed by atoms with E-state index in [1.165, 1.54) is 0 Å². The second-order valence-electron chi connectivity index (χ2n) is 5.31. The summed E-state index contributed by atoms with van der Waals surface area (Å²) in [6, 6.07) is 4.99. The molecule has 0 spiro atoms. The molecule has 1 aromatic carbocycles. The first-order valence-corrected chi connectivity index (χ1v) is 7.45. The Kier molecular flexibility index (Phi) is 7.53. The average molecular weight is 295 g/mol. The second-order valence-corrected chi connectivity index (χ2v) is 5.31. The minimum atomic E-state index is -0.379. The Morgan fingerprint density at radius 1 is 1.24 bits per heavy atom. The molecule has 1 atom stereocenters. The molecule has 21 heavy (non-hydrogen) atoms. The summed E-state index contributed by atoms with van der Waals surface area (Å²) in [6.45, 7) is 5.77. The van der Waals surface area contributed by atoms with Crippen LogP contribution in [0.1, 0.15) is 33.1 Å². The zero-order valence-electron chi connectivity index (χ0n) is 12.8. The maximum atomic E-state index is 11.0. The van der Waals surface area contributed by atoms with E-state index in [2.05, 4.69) is 10.6 Å². The standard InChI is InChI=1S/C15H25N3O3/c1-3-6-16-13-8-14(10-15(9-13)18(20)21)17-7-4-5-12(2)11-19/h8-10,12,16-17,19H,3-7,11H2,1-2H3. The Morgan fingerprint density at radius 2 is 1.86 bits per heavy atom. The van der Waals surface area contributed by atoms with Gasteiger partial charge in [0.15, 0.2) is 0 Å². The summed E-state index contributed by atoms with van der Waals surface area (Å²) in [7, 11) is 0. The van der Waals surface area contributed by atoms with Crippen LogP contribution in [-0.4, -0.2) is 29.7 Å². The summed E-state index contributed by atoms with van der Waals surface area (Å²) in [5.74, 6) is 0.290. The lowest BCUT2D eigenvalue weighted by Crippen LogP contribution is -2.07. The van der Waals surface area contributed by atoms with Crippen LogP contribution < -0.4 is 10.6 Å². The molecule has 0 aromatic heterocycles. The molecule has 6 nitrogen and oxygen atoms in total. The number of hydrogen-bond acceptors (Lipinski definition) is 5. The molecule has 118 valence electrons. The van der Waals surface area contributed by atoms with E-state index in [4.69, 9.17) is 5.11 Å². The predicted octanol–water partition coefficient (Wildman–Crippen LogP) is 3.24. The first-order valence-electron chi connectivity index (χ1n) is 7.45. The number of nitrogens with one attached hydrogen (secondary N) is 2. The molecule has 0 radical (unpaired) electrons. The molecule has 0 aliphatic carbocycles. The van der Waals surface area contributed by atoms with Gasteiger partial charge >= 0.3 is 0 Å². The Morgan fingerprint density at radius 3 is 2.38 bits per heavy atom. The smallest absolute Gasteiger partial charge is 0.273 e. The fraction of sp³-hybridized carbons (Fsp3) is 0.600. The van der Waals surface area contributed by atoms with E-state index in [-0.39, 0.29) is 17.2 Å². The molecule has 0 aliphatic rings. The lowest BCUT2D eigenvalue weighted by molar-refractivity contribution is -0.384. The monoisotopic (exact) mass is 295 g/mol. The number of anilines is 2. The third-order valence-corrected chi connectivity index (χ3v) is 3.22. The van der Waals surface area contributed by atoms with Gasteiger partial charge in [0, 0.05) is 43.2 Å². The zero-order valence-corrected chi connectivity index (χ0v) is 12.8. The van der Waals surface area contributed by atoms with Crippen LogP contribution >= 0.6 is 0 Å². The maximum Gasteiger partial charge on any atom is 0.273 e. The summed E-state index contributed by atoms with van der Waals surface area (Å²) in [4.78, 5) is 10.6. The van der Waals surface area contributed by atoms with Crippen LogP contribution in [0.2, 0.25) is 0 Å². The fourth-order valence-corrected chi connectivity index (χ4v) is 1.96. The highest BCUT2D eigenvalue weighted by atomic mass is 16.6. The van der Waals surface area contributed by atoms with Crippen LogP contribution in [0.5, 0.6) is 0 Å². The van der Waals surface area contributed by atoms with Gasteiger partial charge in [-0.05, 0) is 31.2 Å². The number of hydrogen-bond donors (Lipinski definition) is 3. The molecule has 6 heteroatoms. The van der Waals surface area contributed by atoms with E-state index < -0.39 is 0 Å². The average Bonchev–Trinajstić information content (AvgIpc) is 2.49. The SMILES string of the molecule is CCCNc1cc(NCCCC(C)CO)cc([N+](=O)[O-])c1. The lowest BCUT2D eigenvalue weighted by Gasteiger charge is -2.11. The Bertz CT molecular complexity index is 452. The molecule has 1 aromatic rings. The van der Waals surface area contributed by atoms with Crippen molar-refractivity contribution in [3.8, 4) is 0 Å². The van der Waals surface area contributed by atoms with E-state index in [1.807, 2.05) is 19.9 Å². The Balaban J connectivity index is 2.62. The Hall–Kier alpha value is -1.82. The van der Waals surface area contributed by atoms with E-state index in [0.717, 1.165) is 43.7 Å². The number of nitro benzene ring substituents is 1. The fourth-order valence-electron chi connectivity index (χ4n) is 1.96. The first kappa shape index (κ1) is 17.2. The number of nitrogens with zero attached hydrogens (tertiary/aromatic N) is 1. The van der Waals surface area contributed by atoms with Gasteiger partial charge in [0.05, 0.1) is 4.92 Å². The molecular weight excluding hydrogens is 270 g/mol. The number of non-ortho nitro benzene ring substituents is 1. The number of aliphatic hydroxyl groups is 1. The minimum absolute atomic E-state index is 0.0855. The summed E-state index contributed by atoms with van der Waals surface area (Å²) >= 11 is 0. The quantitative estimate of drug-likeness (QED) is 0.350. The summed E-state index contributed by atoms with van der Waals surface area (Å²) in [5.41, 5.74) is 1.60. The second kappa shape index (κ2) is 9.18. The molecule has 0 bridgehead atoms. The van der Waals surface area contributed by atoms with Crippen LogP contribution in [0, 0.1) is 16.0 Å². The molecule has 0 fully saturated rings. The molecule has 3 N–H and O–H groups in total. The van der Waals surface area contributed by atoms with Gasteiger partial charge in [0.1, 0.15) is 0 Å². The van der Waals surface area contributed by atoms with Crippen LogP contribution in [0.15, 0.2) is 18.2 Å². The van der Waals surface area contributed by atoms with Gasteiger partial charge < -0.3 is 15.7 Å². The first-order chi connectivity index (χ1) is 10.1. The molecular formula is C15H25N3O3. The van der Waals surface area contributed by atoms with Crippen LogP contribution in [0.3, 0.4) is 0 Å². The number of benzene rings is 1. The number of nitro groups is 1. The van der Waals surface area contributed by atoms with Crippen LogP contribution in [-0.2, 0) is 0 Å². The van der Waals surface area contributed by atoms with E-state index in [0.29, 0.717) is 5.92 Å². The van der Waals surface area contributed by atoms with Gasteiger partial charge in [-0.25, -0.2) is 0 Å². The predicted molar refractivity (Wildman–Crippen MR) is 85.9 cm³/mol. The van der Waals surface area contributed by atoms with Gasteiger partial charge in [-0.2, -0.15) is 0 Å². The van der Waals surface area contributed by atoms with E-state index >= 15 is 0 Å². The highest BCUT2D eigenvalue weighted by Gasteiger charge is 2.09.